The van der Waals surface area contributed by atoms with Crippen LogP contribution in [0.5, 0.6) is 0 Å². The first kappa shape index (κ1) is 13.0. The summed E-state index contributed by atoms with van der Waals surface area (Å²) in [5.41, 5.74) is 0.457. The minimum Gasteiger partial charge on any atom is -0.278 e. The van der Waals surface area contributed by atoms with E-state index < -0.39 is 17.8 Å². The highest BCUT2D eigenvalue weighted by Crippen LogP contribution is 2.31. The molecule has 0 aliphatic carbocycles. The Morgan fingerprint density at radius 3 is 2.53 bits per heavy atom. The third kappa shape index (κ3) is 2.94. The van der Waals surface area contributed by atoms with Gasteiger partial charge in [-0.2, -0.15) is 13.2 Å². The van der Waals surface area contributed by atoms with Crippen molar-refractivity contribution in [1.82, 2.24) is 5.43 Å². The van der Waals surface area contributed by atoms with E-state index in [4.69, 9.17) is 5.84 Å². The van der Waals surface area contributed by atoms with Crippen LogP contribution in [-0.2, 0) is 11.0 Å². The Morgan fingerprint density at radius 2 is 2.06 bits per heavy atom. The SMILES string of the molecule is NNC(=O)N(C=O)c1cccc(C(F)(F)F)c1. The fourth-order valence-electron chi connectivity index (χ4n) is 1.13. The van der Waals surface area contributed by atoms with Gasteiger partial charge in [0.05, 0.1) is 11.3 Å². The van der Waals surface area contributed by atoms with Gasteiger partial charge in [-0.25, -0.2) is 15.5 Å². The lowest BCUT2D eigenvalue weighted by Gasteiger charge is -2.16. The number of nitrogens with two attached hydrogens (primary N) is 1. The normalized spacial score (nSPS) is 10.8. The van der Waals surface area contributed by atoms with E-state index in [0.29, 0.717) is 11.0 Å². The topological polar surface area (TPSA) is 75.4 Å². The highest BCUT2D eigenvalue weighted by molar-refractivity contribution is 6.05. The predicted octanol–water partition coefficient (Wildman–Crippen LogP) is 1.25. The van der Waals surface area contributed by atoms with Crippen LogP contribution in [0.2, 0.25) is 0 Å². The van der Waals surface area contributed by atoms with Crippen molar-refractivity contribution in [2.24, 2.45) is 5.84 Å². The minimum atomic E-state index is -4.55. The lowest BCUT2D eigenvalue weighted by molar-refractivity contribution is -0.137. The Kier molecular flexibility index (Phi) is 3.69. The number of carbonyl (C=O) groups excluding carboxylic acids is 2. The smallest absolute Gasteiger partial charge is 0.278 e. The maximum atomic E-state index is 12.4. The van der Waals surface area contributed by atoms with Gasteiger partial charge in [0, 0.05) is 0 Å². The van der Waals surface area contributed by atoms with E-state index in [1.54, 1.807) is 5.43 Å². The van der Waals surface area contributed by atoms with Gasteiger partial charge >= 0.3 is 12.2 Å². The number of alkyl halides is 3. The molecule has 0 aromatic heterocycles. The number of benzene rings is 1. The molecular formula is C9H8F3N3O2. The molecule has 0 fully saturated rings. The summed E-state index contributed by atoms with van der Waals surface area (Å²) in [4.78, 5) is 22.1. The van der Waals surface area contributed by atoms with Crippen molar-refractivity contribution in [3.63, 3.8) is 0 Å². The van der Waals surface area contributed by atoms with Gasteiger partial charge in [-0.05, 0) is 18.2 Å². The lowest BCUT2D eigenvalue weighted by atomic mass is 10.2. The van der Waals surface area contributed by atoms with E-state index in [1.807, 2.05) is 0 Å². The third-order valence-electron chi connectivity index (χ3n) is 1.90. The van der Waals surface area contributed by atoms with Crippen LogP contribution in [0.15, 0.2) is 24.3 Å². The van der Waals surface area contributed by atoms with E-state index in [2.05, 4.69) is 0 Å². The number of anilines is 1. The molecule has 17 heavy (non-hydrogen) atoms. The zero-order chi connectivity index (χ0) is 13.1. The summed E-state index contributed by atoms with van der Waals surface area (Å²) in [6.45, 7) is 0. The third-order valence-corrected chi connectivity index (χ3v) is 1.90. The average molecular weight is 247 g/mol. The number of nitrogens with zero attached hydrogens (tertiary/aromatic N) is 1. The summed E-state index contributed by atoms with van der Waals surface area (Å²) < 4.78 is 37.2. The van der Waals surface area contributed by atoms with Gasteiger partial charge < -0.3 is 0 Å². The van der Waals surface area contributed by atoms with Crippen molar-refractivity contribution >= 4 is 18.1 Å². The zero-order valence-corrected chi connectivity index (χ0v) is 8.36. The molecule has 92 valence electrons. The maximum absolute atomic E-state index is 12.4. The number of hydrogen-bond acceptors (Lipinski definition) is 3. The zero-order valence-electron chi connectivity index (χ0n) is 8.36. The second kappa shape index (κ2) is 4.83. The van der Waals surface area contributed by atoms with Crippen LogP contribution in [0, 0.1) is 0 Å². The Morgan fingerprint density at radius 1 is 1.41 bits per heavy atom. The average Bonchev–Trinajstić information content (AvgIpc) is 2.29. The molecule has 0 atom stereocenters. The number of imide groups is 1. The summed E-state index contributed by atoms with van der Waals surface area (Å²) in [5, 5.41) is 0. The van der Waals surface area contributed by atoms with Crippen molar-refractivity contribution in [1.29, 1.82) is 0 Å². The number of carbonyl (C=O) groups is 2. The number of halogens is 3. The molecule has 1 aromatic carbocycles. The Hall–Kier alpha value is -2.09. The molecule has 0 spiro atoms. The van der Waals surface area contributed by atoms with Crippen molar-refractivity contribution in [2.45, 2.75) is 6.18 Å². The van der Waals surface area contributed by atoms with Crippen LogP contribution in [-0.4, -0.2) is 12.4 Å². The van der Waals surface area contributed by atoms with Crippen molar-refractivity contribution in [3.8, 4) is 0 Å². The molecule has 1 rings (SSSR count). The summed E-state index contributed by atoms with van der Waals surface area (Å²) >= 11 is 0. The molecule has 0 heterocycles. The number of rotatable bonds is 2. The summed E-state index contributed by atoms with van der Waals surface area (Å²) in [7, 11) is 0. The highest BCUT2D eigenvalue weighted by Gasteiger charge is 2.31. The van der Waals surface area contributed by atoms with Gasteiger partial charge in [0.2, 0.25) is 6.41 Å². The molecule has 0 bridgehead atoms. The molecule has 5 nitrogen and oxygen atoms in total. The Bertz CT molecular complexity index is 434. The number of amides is 3. The van der Waals surface area contributed by atoms with Crippen molar-refractivity contribution < 1.29 is 22.8 Å². The van der Waals surface area contributed by atoms with Crippen LogP contribution in [0.3, 0.4) is 0 Å². The van der Waals surface area contributed by atoms with Gasteiger partial charge in [0.1, 0.15) is 0 Å². The Balaban J connectivity index is 3.14. The van der Waals surface area contributed by atoms with E-state index >= 15 is 0 Å². The van der Waals surface area contributed by atoms with Crippen LogP contribution < -0.4 is 16.2 Å². The molecule has 3 N–H and O–H groups in total. The summed E-state index contributed by atoms with van der Waals surface area (Å²) in [6.07, 6.45) is -4.48. The van der Waals surface area contributed by atoms with Crippen LogP contribution in [0.1, 0.15) is 5.56 Å². The quantitative estimate of drug-likeness (QED) is 0.357. The summed E-state index contributed by atoms with van der Waals surface area (Å²) in [6, 6.07) is 2.73. The molecular weight excluding hydrogens is 239 g/mol. The molecule has 0 saturated carbocycles. The van der Waals surface area contributed by atoms with E-state index in [0.717, 1.165) is 12.1 Å². The minimum absolute atomic E-state index is 0.0671. The molecule has 0 unspecified atom stereocenters. The molecule has 3 amide bonds. The van der Waals surface area contributed by atoms with Crippen LogP contribution in [0.25, 0.3) is 0 Å². The fraction of sp³-hybridized carbons (Fsp3) is 0.111. The van der Waals surface area contributed by atoms with Crippen molar-refractivity contribution in [2.75, 3.05) is 4.90 Å². The second-order valence-electron chi connectivity index (χ2n) is 2.97. The number of nitrogens with one attached hydrogen (secondary N) is 1. The largest absolute Gasteiger partial charge is 0.416 e. The second-order valence-corrected chi connectivity index (χ2v) is 2.97. The number of urea groups is 1. The van der Waals surface area contributed by atoms with E-state index in [1.165, 1.54) is 6.07 Å². The Labute approximate surface area is 94.0 Å². The first-order chi connectivity index (χ1) is 7.90. The van der Waals surface area contributed by atoms with Gasteiger partial charge in [0.15, 0.2) is 0 Å². The summed E-state index contributed by atoms with van der Waals surface area (Å²) in [5.74, 6) is 4.79. The lowest BCUT2D eigenvalue weighted by Crippen LogP contribution is -2.42. The molecule has 8 heteroatoms. The maximum Gasteiger partial charge on any atom is 0.416 e. The predicted molar refractivity (Wildman–Crippen MR) is 52.7 cm³/mol. The van der Waals surface area contributed by atoms with Gasteiger partial charge in [-0.1, -0.05) is 6.07 Å². The van der Waals surface area contributed by atoms with Crippen molar-refractivity contribution in [3.05, 3.63) is 29.8 Å². The molecule has 0 aliphatic heterocycles. The standard InChI is InChI=1S/C9H8F3N3O2/c10-9(11,12)6-2-1-3-7(4-6)15(5-16)8(17)14-13/h1-5H,13H2,(H,14,17). The fourth-order valence-corrected chi connectivity index (χ4v) is 1.13. The highest BCUT2D eigenvalue weighted by atomic mass is 19.4. The van der Waals surface area contributed by atoms with E-state index in [9.17, 15) is 22.8 Å². The van der Waals surface area contributed by atoms with Gasteiger partial charge in [-0.3, -0.25) is 10.2 Å². The van der Waals surface area contributed by atoms with Gasteiger partial charge in [-0.15, -0.1) is 0 Å². The van der Waals surface area contributed by atoms with Gasteiger partial charge in [0.25, 0.3) is 0 Å². The number of hydrogen-bond donors (Lipinski definition) is 2. The van der Waals surface area contributed by atoms with Crippen LogP contribution >= 0.6 is 0 Å². The first-order valence-corrected chi connectivity index (χ1v) is 4.32. The van der Waals surface area contributed by atoms with Crippen LogP contribution in [0.4, 0.5) is 23.7 Å². The molecule has 0 saturated heterocycles. The monoisotopic (exact) mass is 247 g/mol. The molecule has 1 aromatic rings. The molecule has 0 radical (unpaired) electrons. The first-order valence-electron chi connectivity index (χ1n) is 4.32. The number of hydrazine groups is 1. The molecule has 0 aliphatic rings. The van der Waals surface area contributed by atoms with E-state index in [-0.39, 0.29) is 12.1 Å².